The van der Waals surface area contributed by atoms with E-state index < -0.39 is 17.9 Å². The van der Waals surface area contributed by atoms with E-state index in [2.05, 4.69) is 0 Å². The monoisotopic (exact) mass is 212 g/mol. The number of rotatable bonds is 2. The second-order valence-electron chi connectivity index (χ2n) is 2.28. The summed E-state index contributed by atoms with van der Waals surface area (Å²) in [6.45, 7) is 0. The molecule has 0 bridgehead atoms. The van der Waals surface area contributed by atoms with E-state index in [9.17, 15) is 9.59 Å². The number of carboxylic acid groups (broad SMARTS) is 3. The van der Waals surface area contributed by atoms with Gasteiger partial charge in [-0.2, -0.15) is 0 Å². The molecule has 0 heterocycles. The van der Waals surface area contributed by atoms with Crippen molar-refractivity contribution in [2.24, 2.45) is 0 Å². The van der Waals surface area contributed by atoms with Crippen LogP contribution in [0.1, 0.15) is 10.4 Å². The normalized spacial score (nSPS) is 8.27. The van der Waals surface area contributed by atoms with Gasteiger partial charge in [-0.15, -0.1) is 0 Å². The molecule has 3 N–H and O–H groups in total. The molecular formula is C9H8O6. The first-order valence-electron chi connectivity index (χ1n) is 3.69. The Morgan fingerprint density at radius 3 is 1.60 bits per heavy atom. The molecule has 80 valence electrons. The number of hydrogen-bond acceptors (Lipinski definition) is 3. The van der Waals surface area contributed by atoms with Crippen molar-refractivity contribution in [3.8, 4) is 0 Å². The minimum absolute atomic E-state index is 0.208. The molecule has 0 radical (unpaired) electrons. The van der Waals surface area contributed by atoms with Crippen molar-refractivity contribution in [2.75, 3.05) is 0 Å². The van der Waals surface area contributed by atoms with Gasteiger partial charge < -0.3 is 15.3 Å². The predicted molar refractivity (Wildman–Crippen MR) is 49.1 cm³/mol. The molecular weight excluding hydrogens is 204 g/mol. The number of carbonyl (C=O) groups excluding carboxylic acids is 1. The summed E-state index contributed by atoms with van der Waals surface area (Å²) >= 11 is 0. The van der Waals surface area contributed by atoms with Crippen LogP contribution in [0.3, 0.4) is 0 Å². The van der Waals surface area contributed by atoms with E-state index in [1.54, 1.807) is 18.2 Å². The Bertz CT molecular complexity index is 352. The summed E-state index contributed by atoms with van der Waals surface area (Å²) in [5, 5.41) is 22.2. The van der Waals surface area contributed by atoms with Gasteiger partial charge in [0.1, 0.15) is 0 Å². The van der Waals surface area contributed by atoms with Crippen molar-refractivity contribution < 1.29 is 29.7 Å². The Morgan fingerprint density at radius 2 is 1.27 bits per heavy atom. The second kappa shape index (κ2) is 6.14. The van der Waals surface area contributed by atoms with Crippen molar-refractivity contribution in [1.29, 1.82) is 0 Å². The lowest BCUT2D eigenvalue weighted by atomic mass is 10.1. The van der Waals surface area contributed by atoms with Crippen LogP contribution in [0.2, 0.25) is 0 Å². The SMILES string of the molecule is O=C(O)C(=O)c1ccccc1.O=C(O)O. The van der Waals surface area contributed by atoms with E-state index >= 15 is 0 Å². The summed E-state index contributed by atoms with van der Waals surface area (Å²) in [4.78, 5) is 29.5. The Labute approximate surface area is 84.4 Å². The molecule has 0 aliphatic carbocycles. The second-order valence-corrected chi connectivity index (χ2v) is 2.28. The Morgan fingerprint density at radius 1 is 0.867 bits per heavy atom. The Kier molecular flexibility index (Phi) is 5.17. The van der Waals surface area contributed by atoms with Gasteiger partial charge in [0.15, 0.2) is 0 Å². The lowest BCUT2D eigenvalue weighted by Gasteiger charge is -1.91. The van der Waals surface area contributed by atoms with Crippen LogP contribution in [0.4, 0.5) is 4.79 Å². The lowest BCUT2D eigenvalue weighted by molar-refractivity contribution is -0.131. The van der Waals surface area contributed by atoms with Crippen LogP contribution in [0.15, 0.2) is 30.3 Å². The van der Waals surface area contributed by atoms with Crippen molar-refractivity contribution in [3.63, 3.8) is 0 Å². The van der Waals surface area contributed by atoms with E-state index in [1.807, 2.05) is 0 Å². The van der Waals surface area contributed by atoms with Crippen LogP contribution >= 0.6 is 0 Å². The van der Waals surface area contributed by atoms with Gasteiger partial charge in [-0.3, -0.25) is 4.79 Å². The average molecular weight is 212 g/mol. The zero-order valence-electron chi connectivity index (χ0n) is 7.45. The summed E-state index contributed by atoms with van der Waals surface area (Å²) in [7, 11) is 0. The van der Waals surface area contributed by atoms with E-state index in [1.165, 1.54) is 12.1 Å². The first kappa shape index (κ1) is 12.6. The fourth-order valence-electron chi connectivity index (χ4n) is 0.713. The lowest BCUT2D eigenvalue weighted by Crippen LogP contribution is -2.12. The number of carboxylic acids is 1. The first-order valence-corrected chi connectivity index (χ1v) is 3.69. The maximum atomic E-state index is 10.7. The third-order valence-electron chi connectivity index (χ3n) is 1.23. The highest BCUT2D eigenvalue weighted by Crippen LogP contribution is 1.98. The zero-order valence-corrected chi connectivity index (χ0v) is 7.45. The molecule has 0 amide bonds. The maximum absolute atomic E-state index is 10.7. The third kappa shape index (κ3) is 5.81. The third-order valence-corrected chi connectivity index (χ3v) is 1.23. The quantitative estimate of drug-likeness (QED) is 0.501. The van der Waals surface area contributed by atoms with Crippen molar-refractivity contribution in [2.45, 2.75) is 0 Å². The summed E-state index contributed by atoms with van der Waals surface area (Å²) in [6, 6.07) is 7.90. The molecule has 1 aromatic carbocycles. The molecule has 0 aliphatic heterocycles. The molecule has 1 aromatic rings. The molecule has 0 aromatic heterocycles. The van der Waals surface area contributed by atoms with Gasteiger partial charge in [-0.05, 0) is 0 Å². The fourth-order valence-corrected chi connectivity index (χ4v) is 0.713. The van der Waals surface area contributed by atoms with Gasteiger partial charge in [-0.25, -0.2) is 9.59 Å². The van der Waals surface area contributed by atoms with Crippen molar-refractivity contribution in [1.82, 2.24) is 0 Å². The Hall–Kier alpha value is -2.37. The number of hydrogen-bond donors (Lipinski definition) is 3. The average Bonchev–Trinajstić information content (AvgIpc) is 2.17. The van der Waals surface area contributed by atoms with E-state index in [0.29, 0.717) is 0 Å². The molecule has 0 atom stereocenters. The van der Waals surface area contributed by atoms with Crippen LogP contribution in [-0.4, -0.2) is 33.2 Å². The summed E-state index contributed by atoms with van der Waals surface area (Å²) in [6.07, 6.45) is -1.83. The minimum Gasteiger partial charge on any atom is -0.475 e. The van der Waals surface area contributed by atoms with Crippen LogP contribution in [-0.2, 0) is 4.79 Å². The minimum atomic E-state index is -1.83. The molecule has 15 heavy (non-hydrogen) atoms. The topological polar surface area (TPSA) is 112 Å². The van der Waals surface area contributed by atoms with Gasteiger partial charge in [0, 0.05) is 5.56 Å². The number of carbonyl (C=O) groups is 3. The van der Waals surface area contributed by atoms with Crippen LogP contribution in [0.25, 0.3) is 0 Å². The summed E-state index contributed by atoms with van der Waals surface area (Å²) in [5.41, 5.74) is 0.208. The molecule has 6 heteroatoms. The van der Waals surface area contributed by atoms with E-state index in [4.69, 9.17) is 20.1 Å². The number of ketones is 1. The number of Topliss-reactive ketones (excluding diaryl/α,β-unsaturated/α-hetero) is 1. The van der Waals surface area contributed by atoms with Crippen LogP contribution in [0.5, 0.6) is 0 Å². The molecule has 0 fully saturated rings. The predicted octanol–water partition coefficient (Wildman–Crippen LogP) is 1.18. The van der Waals surface area contributed by atoms with Crippen molar-refractivity contribution >= 4 is 17.9 Å². The van der Waals surface area contributed by atoms with Crippen molar-refractivity contribution in [3.05, 3.63) is 35.9 Å². The number of benzene rings is 1. The smallest absolute Gasteiger partial charge is 0.475 e. The number of aliphatic carboxylic acids is 1. The van der Waals surface area contributed by atoms with Gasteiger partial charge >= 0.3 is 12.1 Å². The Balaban J connectivity index is 0.000000423. The molecule has 0 aliphatic rings. The first-order chi connectivity index (χ1) is 6.95. The summed E-state index contributed by atoms with van der Waals surface area (Å²) < 4.78 is 0. The standard InChI is InChI=1S/C8H6O3.CH2O3/c9-7(8(10)11)6-4-2-1-3-5-6;2-1(3)4/h1-5H,(H,10,11);(H2,2,3,4). The largest absolute Gasteiger partial charge is 0.503 e. The molecule has 0 unspecified atom stereocenters. The van der Waals surface area contributed by atoms with Gasteiger partial charge in [0.05, 0.1) is 0 Å². The van der Waals surface area contributed by atoms with Gasteiger partial charge in [0.2, 0.25) is 0 Å². The fraction of sp³-hybridized carbons (Fsp3) is 0. The van der Waals surface area contributed by atoms with E-state index in [-0.39, 0.29) is 5.56 Å². The molecule has 0 spiro atoms. The highest BCUT2D eigenvalue weighted by Gasteiger charge is 2.12. The van der Waals surface area contributed by atoms with Gasteiger partial charge in [0.25, 0.3) is 5.78 Å². The van der Waals surface area contributed by atoms with Crippen LogP contribution in [0, 0.1) is 0 Å². The molecule has 1 rings (SSSR count). The highest BCUT2D eigenvalue weighted by molar-refractivity contribution is 6.39. The van der Waals surface area contributed by atoms with E-state index in [0.717, 1.165) is 0 Å². The molecule has 0 saturated carbocycles. The highest BCUT2D eigenvalue weighted by atomic mass is 16.6. The van der Waals surface area contributed by atoms with Crippen LogP contribution < -0.4 is 0 Å². The van der Waals surface area contributed by atoms with Gasteiger partial charge in [-0.1, -0.05) is 30.3 Å². The zero-order chi connectivity index (χ0) is 11.8. The summed E-state index contributed by atoms with van der Waals surface area (Å²) in [5.74, 6) is -2.29. The molecule has 0 saturated heterocycles. The maximum Gasteiger partial charge on any atom is 0.503 e. The molecule has 6 nitrogen and oxygen atoms in total.